The van der Waals surface area contributed by atoms with Crippen LogP contribution in [0.1, 0.15) is 101 Å². The van der Waals surface area contributed by atoms with Crippen LogP contribution < -0.4 is 4.72 Å². The van der Waals surface area contributed by atoms with Gasteiger partial charge < -0.3 is 9.26 Å². The zero-order chi connectivity index (χ0) is 28.0. The Balaban J connectivity index is 1.48. The second-order valence-electron chi connectivity index (χ2n) is 11.1. The van der Waals surface area contributed by atoms with E-state index in [-0.39, 0.29) is 22.7 Å². The number of nitrogens with zero attached hydrogens (tertiary/aromatic N) is 3. The Morgan fingerprint density at radius 1 is 1.13 bits per heavy atom. The Morgan fingerprint density at radius 2 is 1.87 bits per heavy atom. The third-order valence-corrected chi connectivity index (χ3v) is 8.19. The molecule has 1 N–H and O–H groups in total. The number of ether oxygens (including phenoxy) is 1. The topological polar surface area (TPSA) is 141 Å². The molecular formula is C28H36N4O6S. The van der Waals surface area contributed by atoms with Crippen molar-refractivity contribution in [1.82, 2.24) is 19.8 Å². The van der Waals surface area contributed by atoms with Crippen LogP contribution in [0.15, 0.2) is 45.9 Å². The van der Waals surface area contributed by atoms with E-state index < -0.39 is 39.2 Å². The lowest BCUT2D eigenvalue weighted by Gasteiger charge is -2.23. The average molecular weight is 557 g/mol. The van der Waals surface area contributed by atoms with Crippen molar-refractivity contribution in [2.45, 2.75) is 95.0 Å². The molecular weight excluding hydrogens is 520 g/mol. The van der Waals surface area contributed by atoms with Gasteiger partial charge in [0.15, 0.2) is 0 Å². The molecule has 2 heterocycles. The molecule has 1 aliphatic rings. The van der Waals surface area contributed by atoms with Gasteiger partial charge in [0.1, 0.15) is 10.5 Å². The van der Waals surface area contributed by atoms with Crippen LogP contribution in [0.2, 0.25) is 0 Å². The van der Waals surface area contributed by atoms with Crippen molar-refractivity contribution in [3.05, 3.63) is 48.2 Å². The van der Waals surface area contributed by atoms with Gasteiger partial charge in [-0.15, -0.1) is 0 Å². The van der Waals surface area contributed by atoms with Crippen LogP contribution in [0.3, 0.4) is 0 Å². The van der Waals surface area contributed by atoms with E-state index in [1.54, 1.807) is 45.0 Å². The van der Waals surface area contributed by atoms with E-state index in [4.69, 9.17) is 9.26 Å². The summed E-state index contributed by atoms with van der Waals surface area (Å²) < 4.78 is 38.9. The number of fused-ring (bicyclic) bond motifs is 1. The lowest BCUT2D eigenvalue weighted by atomic mass is 9.84. The molecule has 0 spiro atoms. The minimum absolute atomic E-state index is 0.0190. The van der Waals surface area contributed by atoms with Crippen molar-refractivity contribution in [3.8, 4) is 0 Å². The van der Waals surface area contributed by atoms with Crippen LogP contribution >= 0.6 is 0 Å². The van der Waals surface area contributed by atoms with Crippen LogP contribution in [0.4, 0.5) is 0 Å². The van der Waals surface area contributed by atoms with Crippen molar-refractivity contribution in [2.24, 2.45) is 5.92 Å². The summed E-state index contributed by atoms with van der Waals surface area (Å²) in [5.74, 6) is -1.52. The van der Waals surface area contributed by atoms with E-state index in [2.05, 4.69) is 15.1 Å². The highest BCUT2D eigenvalue weighted by molar-refractivity contribution is 7.90. The summed E-state index contributed by atoms with van der Waals surface area (Å²) in [5, 5.41) is 4.35. The summed E-state index contributed by atoms with van der Waals surface area (Å²) >= 11 is 0. The first-order chi connectivity index (χ1) is 18.5. The van der Waals surface area contributed by atoms with Crippen molar-refractivity contribution < 1.29 is 27.3 Å². The quantitative estimate of drug-likeness (QED) is 0.329. The summed E-state index contributed by atoms with van der Waals surface area (Å²) in [6, 6.07) is 8.10. The van der Waals surface area contributed by atoms with Gasteiger partial charge in [0.05, 0.1) is 11.9 Å². The summed E-state index contributed by atoms with van der Waals surface area (Å²) in [4.78, 5) is 33.7. The van der Waals surface area contributed by atoms with Crippen molar-refractivity contribution in [1.29, 1.82) is 0 Å². The highest BCUT2D eigenvalue weighted by Gasteiger charge is 2.29. The fraction of sp³-hybridized carbons (Fsp3) is 0.536. The number of nitrogens with one attached hydrogen (secondary N) is 1. The number of para-hydroxylation sites is 1. The number of hydrogen-bond acceptors (Lipinski definition) is 9. The highest BCUT2D eigenvalue weighted by Crippen LogP contribution is 2.31. The molecule has 10 nitrogen and oxygen atoms in total. The Kier molecular flexibility index (Phi) is 8.99. The maximum absolute atomic E-state index is 13.0. The molecule has 1 aliphatic carbocycles. The Hall–Kier alpha value is -3.34. The lowest BCUT2D eigenvalue weighted by molar-refractivity contribution is -0.155. The van der Waals surface area contributed by atoms with Crippen LogP contribution in [-0.4, -0.2) is 41.0 Å². The molecule has 11 heteroatoms. The van der Waals surface area contributed by atoms with Gasteiger partial charge in [-0.25, -0.2) is 13.1 Å². The second kappa shape index (κ2) is 12.2. The third-order valence-electron chi connectivity index (χ3n) is 6.83. The summed E-state index contributed by atoms with van der Waals surface area (Å²) in [7, 11) is -4.27. The van der Waals surface area contributed by atoms with Gasteiger partial charge in [-0.05, 0) is 45.2 Å². The fourth-order valence-corrected chi connectivity index (χ4v) is 6.16. The first kappa shape index (κ1) is 28.7. The molecule has 1 amide bonds. The van der Waals surface area contributed by atoms with E-state index in [0.29, 0.717) is 17.7 Å². The highest BCUT2D eigenvalue weighted by atomic mass is 32.2. The van der Waals surface area contributed by atoms with Gasteiger partial charge in [0, 0.05) is 17.5 Å². The standard InChI is InChI=1S/C28H36N4O6S/c1-28(2,3)37-23(33)18-21(14-7-12-19-10-5-4-6-11-19)27-30-25(31-38-27)26(34)32-39(35,36)22-16-8-13-20-15-9-17-29-24(20)22/h8-9,13,15-17,19,21H,4-7,10-12,14,18H2,1-3H3,(H,32,34)/t21-/m1/s1. The molecule has 0 radical (unpaired) electrons. The molecule has 0 aliphatic heterocycles. The zero-order valence-corrected chi connectivity index (χ0v) is 23.5. The molecule has 210 valence electrons. The molecule has 0 unspecified atom stereocenters. The summed E-state index contributed by atoms with van der Waals surface area (Å²) in [5.41, 5.74) is -0.404. The van der Waals surface area contributed by atoms with Gasteiger partial charge >= 0.3 is 11.9 Å². The van der Waals surface area contributed by atoms with E-state index in [1.807, 2.05) is 4.72 Å². The number of carbonyl (C=O) groups is 2. The Morgan fingerprint density at radius 3 is 2.62 bits per heavy atom. The van der Waals surface area contributed by atoms with Gasteiger partial charge in [-0.2, -0.15) is 4.98 Å². The van der Waals surface area contributed by atoms with E-state index in [0.717, 1.165) is 12.8 Å². The van der Waals surface area contributed by atoms with E-state index >= 15 is 0 Å². The second-order valence-corrected chi connectivity index (χ2v) is 12.8. The first-order valence-electron chi connectivity index (χ1n) is 13.5. The van der Waals surface area contributed by atoms with Crippen molar-refractivity contribution >= 4 is 32.8 Å². The van der Waals surface area contributed by atoms with E-state index in [9.17, 15) is 18.0 Å². The van der Waals surface area contributed by atoms with Gasteiger partial charge in [-0.1, -0.05) is 68.3 Å². The molecule has 2 aromatic heterocycles. The number of sulfonamides is 1. The molecule has 39 heavy (non-hydrogen) atoms. The number of carbonyl (C=O) groups excluding carboxylic acids is 2. The Labute approximate surface area is 229 Å². The van der Waals surface area contributed by atoms with Gasteiger partial charge in [0.2, 0.25) is 5.89 Å². The van der Waals surface area contributed by atoms with Crippen LogP contribution in [0.25, 0.3) is 10.9 Å². The number of pyridine rings is 1. The van der Waals surface area contributed by atoms with Crippen LogP contribution in [0.5, 0.6) is 0 Å². The number of rotatable bonds is 10. The van der Waals surface area contributed by atoms with Crippen LogP contribution in [0, 0.1) is 5.92 Å². The molecule has 1 atom stereocenters. The predicted octanol–water partition coefficient (Wildman–Crippen LogP) is 5.30. The minimum atomic E-state index is -4.27. The Bertz CT molecular complexity index is 1400. The van der Waals surface area contributed by atoms with Crippen molar-refractivity contribution in [2.75, 3.05) is 0 Å². The normalized spacial score (nSPS) is 15.7. The van der Waals surface area contributed by atoms with Gasteiger partial charge in [-0.3, -0.25) is 14.6 Å². The molecule has 4 rings (SSSR count). The number of benzene rings is 1. The number of hydrogen-bond donors (Lipinski definition) is 1. The number of amides is 1. The number of aromatic nitrogens is 3. The molecule has 0 saturated heterocycles. The largest absolute Gasteiger partial charge is 0.460 e. The molecule has 1 fully saturated rings. The molecule has 3 aromatic rings. The maximum atomic E-state index is 13.0. The predicted molar refractivity (Wildman–Crippen MR) is 144 cm³/mol. The molecule has 1 saturated carbocycles. The van der Waals surface area contributed by atoms with Crippen LogP contribution in [-0.2, 0) is 19.6 Å². The summed E-state index contributed by atoms with van der Waals surface area (Å²) in [6.45, 7) is 5.39. The zero-order valence-electron chi connectivity index (χ0n) is 22.7. The van der Waals surface area contributed by atoms with Crippen molar-refractivity contribution in [3.63, 3.8) is 0 Å². The fourth-order valence-electron chi connectivity index (χ4n) is 5.03. The SMILES string of the molecule is CC(C)(C)OC(=O)C[C@@H](CCCC1CCCCC1)c1nc(C(=O)NS(=O)(=O)c2cccc3cccnc23)no1. The third kappa shape index (κ3) is 7.84. The number of esters is 1. The monoisotopic (exact) mass is 556 g/mol. The minimum Gasteiger partial charge on any atom is -0.460 e. The maximum Gasteiger partial charge on any atom is 0.307 e. The average Bonchev–Trinajstić information content (AvgIpc) is 3.38. The summed E-state index contributed by atoms with van der Waals surface area (Å²) in [6.07, 6.45) is 10.3. The van der Waals surface area contributed by atoms with Gasteiger partial charge in [0.25, 0.3) is 15.8 Å². The molecule has 1 aromatic carbocycles. The molecule has 0 bridgehead atoms. The first-order valence-corrected chi connectivity index (χ1v) is 15.0. The van der Waals surface area contributed by atoms with E-state index in [1.165, 1.54) is 44.4 Å². The smallest absolute Gasteiger partial charge is 0.307 e. The lowest BCUT2D eigenvalue weighted by Crippen LogP contribution is -2.31.